The highest BCUT2D eigenvalue weighted by molar-refractivity contribution is 6.00. The van der Waals surface area contributed by atoms with Crippen LogP contribution in [-0.4, -0.2) is 29.4 Å². The number of phenols is 2. The van der Waals surface area contributed by atoms with E-state index >= 15 is 0 Å². The first kappa shape index (κ1) is 16.4. The number of phenolic OH excluding ortho intramolecular Hbond substituents is 2. The predicted octanol–water partition coefficient (Wildman–Crippen LogP) is 2.92. The zero-order chi connectivity index (χ0) is 18.0. The van der Waals surface area contributed by atoms with Gasteiger partial charge in [0.2, 0.25) is 0 Å². The quantitative estimate of drug-likeness (QED) is 0.500. The summed E-state index contributed by atoms with van der Waals surface area (Å²) in [5.41, 5.74) is 3.97. The van der Waals surface area contributed by atoms with Gasteiger partial charge in [-0.3, -0.25) is 4.79 Å². The minimum absolute atomic E-state index is 0.0152. The van der Waals surface area contributed by atoms with Crippen LogP contribution in [0.25, 0.3) is 11.0 Å². The fourth-order valence-electron chi connectivity index (χ4n) is 2.49. The summed E-state index contributed by atoms with van der Waals surface area (Å²) in [5, 5.41) is 23.8. The second-order valence-corrected chi connectivity index (χ2v) is 5.34. The van der Waals surface area contributed by atoms with Gasteiger partial charge in [0.25, 0.3) is 0 Å². The molecule has 1 aromatic heterocycles. The first-order chi connectivity index (χ1) is 12.0. The summed E-state index contributed by atoms with van der Waals surface area (Å²) in [7, 11) is 1.44. The van der Waals surface area contributed by atoms with Crippen molar-refractivity contribution in [2.75, 3.05) is 7.11 Å². The van der Waals surface area contributed by atoms with Gasteiger partial charge in [-0.05, 0) is 42.8 Å². The number of aromatic hydroxyl groups is 2. The number of aryl methyl sites for hydroxylation is 1. The molecule has 1 heterocycles. The second-order valence-electron chi connectivity index (χ2n) is 5.34. The normalized spacial score (nSPS) is 11.1. The van der Waals surface area contributed by atoms with Crippen molar-refractivity contribution in [3.05, 3.63) is 53.3 Å². The van der Waals surface area contributed by atoms with Crippen molar-refractivity contribution in [2.45, 2.75) is 6.92 Å². The number of hydrogen-bond acceptors (Lipinski definition) is 6. The Morgan fingerprint density at radius 2 is 2.04 bits per heavy atom. The third-order valence-corrected chi connectivity index (χ3v) is 3.72. The zero-order valence-electron chi connectivity index (χ0n) is 13.6. The number of carbonyl (C=O) groups excluding carboxylic acids is 1. The summed E-state index contributed by atoms with van der Waals surface area (Å²) < 4.78 is 10.5. The Balaban J connectivity index is 1.79. The van der Waals surface area contributed by atoms with Gasteiger partial charge in [0, 0.05) is 5.56 Å². The maximum Gasteiger partial charge on any atom is 0.307 e. The SMILES string of the molecule is COc1cc(C=NNC(=O)c2oc3cccc(O)c3c2C)ccc1O. The molecule has 0 unspecified atom stereocenters. The van der Waals surface area contributed by atoms with Gasteiger partial charge in [-0.15, -0.1) is 0 Å². The van der Waals surface area contributed by atoms with E-state index in [0.717, 1.165) is 0 Å². The van der Waals surface area contributed by atoms with E-state index in [9.17, 15) is 15.0 Å². The van der Waals surface area contributed by atoms with Crippen LogP contribution in [0.4, 0.5) is 0 Å². The van der Waals surface area contributed by atoms with Crippen molar-refractivity contribution in [1.82, 2.24) is 5.43 Å². The fourth-order valence-corrected chi connectivity index (χ4v) is 2.49. The Morgan fingerprint density at radius 1 is 1.24 bits per heavy atom. The van der Waals surface area contributed by atoms with Crippen molar-refractivity contribution in [3.8, 4) is 17.2 Å². The molecule has 3 aromatic rings. The molecule has 1 amide bonds. The molecular weight excluding hydrogens is 324 g/mol. The average Bonchev–Trinajstić information content (AvgIpc) is 2.94. The van der Waals surface area contributed by atoms with Gasteiger partial charge in [-0.25, -0.2) is 5.43 Å². The van der Waals surface area contributed by atoms with Crippen LogP contribution in [0.1, 0.15) is 21.7 Å². The van der Waals surface area contributed by atoms with Crippen LogP contribution >= 0.6 is 0 Å². The fraction of sp³-hybridized carbons (Fsp3) is 0.111. The lowest BCUT2D eigenvalue weighted by Gasteiger charge is -2.03. The lowest BCUT2D eigenvalue weighted by molar-refractivity contribution is 0.0929. The van der Waals surface area contributed by atoms with Crippen LogP contribution < -0.4 is 10.2 Å². The van der Waals surface area contributed by atoms with E-state index in [4.69, 9.17) is 9.15 Å². The molecular formula is C18H16N2O5. The van der Waals surface area contributed by atoms with Crippen molar-refractivity contribution in [1.29, 1.82) is 0 Å². The number of methoxy groups -OCH3 is 1. The molecule has 0 aliphatic carbocycles. The van der Waals surface area contributed by atoms with Crippen LogP contribution in [0.5, 0.6) is 17.2 Å². The van der Waals surface area contributed by atoms with Gasteiger partial charge in [-0.2, -0.15) is 5.10 Å². The molecule has 3 N–H and O–H groups in total. The number of amides is 1. The molecule has 2 aromatic carbocycles. The molecule has 0 radical (unpaired) electrons. The molecule has 3 rings (SSSR count). The molecule has 0 aliphatic heterocycles. The third kappa shape index (κ3) is 3.12. The second kappa shape index (κ2) is 6.56. The average molecular weight is 340 g/mol. The molecule has 0 bridgehead atoms. The number of hydrazone groups is 1. The topological polar surface area (TPSA) is 104 Å². The summed E-state index contributed by atoms with van der Waals surface area (Å²) in [6.07, 6.45) is 1.41. The van der Waals surface area contributed by atoms with Gasteiger partial charge >= 0.3 is 5.91 Å². The largest absolute Gasteiger partial charge is 0.507 e. The summed E-state index contributed by atoms with van der Waals surface area (Å²) >= 11 is 0. The molecule has 0 spiro atoms. The van der Waals surface area contributed by atoms with Gasteiger partial charge < -0.3 is 19.4 Å². The van der Waals surface area contributed by atoms with Gasteiger partial charge in [0.1, 0.15) is 11.3 Å². The first-order valence-corrected chi connectivity index (χ1v) is 7.42. The van der Waals surface area contributed by atoms with Crippen LogP contribution in [0.3, 0.4) is 0 Å². The summed E-state index contributed by atoms with van der Waals surface area (Å²) in [6.45, 7) is 1.69. The van der Waals surface area contributed by atoms with E-state index in [1.165, 1.54) is 25.5 Å². The van der Waals surface area contributed by atoms with E-state index in [1.54, 1.807) is 31.2 Å². The lowest BCUT2D eigenvalue weighted by Crippen LogP contribution is -2.17. The van der Waals surface area contributed by atoms with Crippen LogP contribution in [0.2, 0.25) is 0 Å². The molecule has 0 atom stereocenters. The molecule has 0 aliphatic rings. The minimum atomic E-state index is -0.532. The molecule has 25 heavy (non-hydrogen) atoms. The number of carbonyl (C=O) groups is 1. The van der Waals surface area contributed by atoms with E-state index in [-0.39, 0.29) is 17.3 Å². The van der Waals surface area contributed by atoms with E-state index < -0.39 is 5.91 Å². The number of ether oxygens (including phenoxy) is 1. The highest BCUT2D eigenvalue weighted by atomic mass is 16.5. The zero-order valence-corrected chi connectivity index (χ0v) is 13.6. The molecule has 0 saturated heterocycles. The number of fused-ring (bicyclic) bond motifs is 1. The molecule has 7 nitrogen and oxygen atoms in total. The molecule has 0 saturated carbocycles. The maximum atomic E-state index is 12.2. The molecule has 7 heteroatoms. The standard InChI is InChI=1S/C18H16N2O5/c1-10-16-13(22)4-3-5-14(16)25-17(10)18(23)20-19-9-11-6-7-12(21)15(8-11)24-2/h3-9,21-22H,1-2H3,(H,20,23). The van der Waals surface area contributed by atoms with E-state index in [1.807, 2.05) is 0 Å². The van der Waals surface area contributed by atoms with Crippen molar-refractivity contribution >= 4 is 23.1 Å². The Hall–Kier alpha value is -3.48. The number of nitrogens with zero attached hydrogens (tertiary/aromatic N) is 1. The van der Waals surface area contributed by atoms with E-state index in [2.05, 4.69) is 10.5 Å². The monoisotopic (exact) mass is 340 g/mol. The number of nitrogens with one attached hydrogen (secondary N) is 1. The number of benzene rings is 2. The Bertz CT molecular complexity index is 975. The van der Waals surface area contributed by atoms with Gasteiger partial charge in [0.05, 0.1) is 18.7 Å². The summed E-state index contributed by atoms with van der Waals surface area (Å²) in [4.78, 5) is 12.2. The van der Waals surface area contributed by atoms with Gasteiger partial charge in [-0.1, -0.05) is 6.07 Å². The lowest BCUT2D eigenvalue weighted by atomic mass is 10.1. The minimum Gasteiger partial charge on any atom is -0.507 e. The first-order valence-electron chi connectivity index (χ1n) is 7.42. The van der Waals surface area contributed by atoms with Crippen molar-refractivity contribution in [2.24, 2.45) is 5.10 Å². The highest BCUT2D eigenvalue weighted by Crippen LogP contribution is 2.32. The summed E-state index contributed by atoms with van der Waals surface area (Å²) in [6, 6.07) is 9.51. The molecule has 128 valence electrons. The third-order valence-electron chi connectivity index (χ3n) is 3.72. The number of furan rings is 1. The van der Waals surface area contributed by atoms with Crippen molar-refractivity contribution < 1.29 is 24.2 Å². The number of rotatable bonds is 4. The van der Waals surface area contributed by atoms with Crippen LogP contribution in [0, 0.1) is 6.92 Å². The Labute approximate surface area is 143 Å². The number of hydrogen-bond donors (Lipinski definition) is 3. The maximum absolute atomic E-state index is 12.2. The Morgan fingerprint density at radius 3 is 2.76 bits per heavy atom. The van der Waals surface area contributed by atoms with Crippen molar-refractivity contribution in [3.63, 3.8) is 0 Å². The van der Waals surface area contributed by atoms with E-state index in [0.29, 0.717) is 27.8 Å². The smallest absolute Gasteiger partial charge is 0.307 e. The molecule has 0 fully saturated rings. The van der Waals surface area contributed by atoms with Crippen LogP contribution in [0.15, 0.2) is 45.9 Å². The Kier molecular flexibility index (Phi) is 4.30. The summed E-state index contributed by atoms with van der Waals surface area (Å²) in [5.74, 6) is -0.0789. The van der Waals surface area contributed by atoms with Gasteiger partial charge in [0.15, 0.2) is 17.3 Å². The highest BCUT2D eigenvalue weighted by Gasteiger charge is 2.19. The van der Waals surface area contributed by atoms with Crippen LogP contribution in [-0.2, 0) is 0 Å². The predicted molar refractivity (Wildman–Crippen MR) is 92.3 cm³/mol.